The predicted molar refractivity (Wildman–Crippen MR) is 94.4 cm³/mol. The third-order valence-corrected chi connectivity index (χ3v) is 4.63. The van der Waals surface area contributed by atoms with Gasteiger partial charge in [0.25, 0.3) is 0 Å². The number of hydrogen-bond donors (Lipinski definition) is 0. The van der Waals surface area contributed by atoms with Crippen LogP contribution >= 0.6 is 0 Å². The van der Waals surface area contributed by atoms with E-state index >= 15 is 0 Å². The molecule has 0 aromatic heterocycles. The Kier molecular flexibility index (Phi) is 5.79. The fraction of sp³-hybridized carbons (Fsp3) is 0.350. The molecular weight excluding hydrogens is 319 g/mol. The van der Waals surface area contributed by atoms with E-state index in [4.69, 9.17) is 4.74 Å². The largest absolute Gasteiger partial charge is 0.468 e. The van der Waals surface area contributed by atoms with Crippen molar-refractivity contribution in [3.8, 4) is 0 Å². The van der Waals surface area contributed by atoms with E-state index in [1.165, 1.54) is 24.8 Å². The number of ether oxygens (including phenoxy) is 1. The first-order chi connectivity index (χ1) is 12.2. The second-order valence-electron chi connectivity index (χ2n) is 6.27. The smallest absolute Gasteiger partial charge is 0.327 e. The number of rotatable bonds is 5. The van der Waals surface area contributed by atoms with Gasteiger partial charge in [-0.1, -0.05) is 42.5 Å². The van der Waals surface area contributed by atoms with Crippen LogP contribution in [0.2, 0.25) is 0 Å². The van der Waals surface area contributed by atoms with Gasteiger partial charge in [-0.25, -0.2) is 9.18 Å². The first-order valence-corrected chi connectivity index (χ1v) is 8.51. The van der Waals surface area contributed by atoms with E-state index in [-0.39, 0.29) is 11.8 Å². The number of hydrogen-bond acceptors (Lipinski definition) is 4. The lowest BCUT2D eigenvalue weighted by atomic mass is 10.0. The van der Waals surface area contributed by atoms with Crippen molar-refractivity contribution in [2.75, 3.05) is 33.3 Å². The van der Waals surface area contributed by atoms with E-state index in [1.807, 2.05) is 18.2 Å². The molecular formula is C20H23FN2O2. The van der Waals surface area contributed by atoms with Gasteiger partial charge in [-0.15, -0.1) is 0 Å². The molecule has 0 saturated carbocycles. The van der Waals surface area contributed by atoms with E-state index in [0.717, 1.165) is 38.3 Å². The van der Waals surface area contributed by atoms with Crippen molar-refractivity contribution in [2.24, 2.45) is 0 Å². The maximum Gasteiger partial charge on any atom is 0.327 e. The van der Waals surface area contributed by atoms with Crippen molar-refractivity contribution in [2.45, 2.75) is 12.6 Å². The zero-order chi connectivity index (χ0) is 17.6. The van der Waals surface area contributed by atoms with Gasteiger partial charge in [0.15, 0.2) is 0 Å². The second kappa shape index (κ2) is 8.23. The van der Waals surface area contributed by atoms with Crippen molar-refractivity contribution in [1.82, 2.24) is 9.80 Å². The van der Waals surface area contributed by atoms with Gasteiger partial charge in [0.1, 0.15) is 11.9 Å². The maximum absolute atomic E-state index is 13.2. The molecule has 0 bridgehead atoms. The van der Waals surface area contributed by atoms with Crippen LogP contribution in [0.4, 0.5) is 4.39 Å². The number of piperazine rings is 1. The van der Waals surface area contributed by atoms with Crippen LogP contribution in [0.15, 0.2) is 54.6 Å². The summed E-state index contributed by atoms with van der Waals surface area (Å²) in [5.41, 5.74) is 2.06. The van der Waals surface area contributed by atoms with E-state index in [2.05, 4.69) is 21.9 Å². The van der Waals surface area contributed by atoms with Crippen LogP contribution in [-0.4, -0.2) is 49.1 Å². The molecule has 2 aromatic rings. The number of benzene rings is 2. The van der Waals surface area contributed by atoms with Crippen molar-refractivity contribution in [3.63, 3.8) is 0 Å². The number of nitrogens with zero attached hydrogens (tertiary/aromatic N) is 2. The van der Waals surface area contributed by atoms with Crippen LogP contribution in [0.1, 0.15) is 17.2 Å². The molecule has 0 unspecified atom stereocenters. The Labute approximate surface area is 147 Å². The highest BCUT2D eigenvalue weighted by molar-refractivity contribution is 5.77. The summed E-state index contributed by atoms with van der Waals surface area (Å²) >= 11 is 0. The Balaban J connectivity index is 1.66. The minimum atomic E-state index is -0.482. The third kappa shape index (κ3) is 4.44. The first kappa shape index (κ1) is 17.6. The molecule has 1 aliphatic heterocycles. The van der Waals surface area contributed by atoms with Gasteiger partial charge in [-0.05, 0) is 23.3 Å². The molecule has 5 heteroatoms. The van der Waals surface area contributed by atoms with Gasteiger partial charge in [0.05, 0.1) is 7.11 Å². The summed E-state index contributed by atoms with van der Waals surface area (Å²) in [6.07, 6.45) is 0. The zero-order valence-corrected chi connectivity index (χ0v) is 14.4. The van der Waals surface area contributed by atoms with Crippen molar-refractivity contribution >= 4 is 5.97 Å². The molecule has 1 saturated heterocycles. The summed E-state index contributed by atoms with van der Waals surface area (Å²) < 4.78 is 18.2. The normalized spacial score (nSPS) is 17.2. The van der Waals surface area contributed by atoms with Gasteiger partial charge < -0.3 is 4.74 Å². The summed E-state index contributed by atoms with van der Waals surface area (Å²) in [7, 11) is 1.39. The number of esters is 1. The van der Waals surface area contributed by atoms with E-state index in [9.17, 15) is 9.18 Å². The minimum absolute atomic E-state index is 0.303. The standard InChI is InChI=1S/C20H23FN2O2/c1-25-20(24)19(17-7-9-18(21)10-8-17)23-13-11-22(12-14-23)15-16-5-3-2-4-6-16/h2-10,19H,11-15H2,1H3/t19-/m1/s1. The molecule has 25 heavy (non-hydrogen) atoms. The van der Waals surface area contributed by atoms with Crippen molar-refractivity contribution < 1.29 is 13.9 Å². The number of halogens is 1. The summed E-state index contributed by atoms with van der Waals surface area (Å²) in [5.74, 6) is -0.608. The molecule has 132 valence electrons. The molecule has 4 nitrogen and oxygen atoms in total. The highest BCUT2D eigenvalue weighted by Gasteiger charge is 2.31. The van der Waals surface area contributed by atoms with Gasteiger partial charge in [0, 0.05) is 32.7 Å². The van der Waals surface area contributed by atoms with Crippen LogP contribution in [0, 0.1) is 5.82 Å². The van der Waals surface area contributed by atoms with E-state index < -0.39 is 6.04 Å². The Hall–Kier alpha value is -2.24. The van der Waals surface area contributed by atoms with Gasteiger partial charge in [-0.3, -0.25) is 9.80 Å². The second-order valence-corrected chi connectivity index (χ2v) is 6.27. The molecule has 3 rings (SSSR count). The highest BCUT2D eigenvalue weighted by atomic mass is 19.1. The zero-order valence-electron chi connectivity index (χ0n) is 14.4. The molecule has 1 atom stereocenters. The lowest BCUT2D eigenvalue weighted by Gasteiger charge is -2.38. The molecule has 0 radical (unpaired) electrons. The number of carbonyl (C=O) groups is 1. The predicted octanol–water partition coefficient (Wildman–Crippen LogP) is 2.86. The lowest BCUT2D eigenvalue weighted by molar-refractivity contribution is -0.148. The number of methoxy groups -OCH3 is 1. The molecule has 0 amide bonds. The fourth-order valence-corrected chi connectivity index (χ4v) is 3.27. The average molecular weight is 342 g/mol. The quantitative estimate of drug-likeness (QED) is 0.783. The SMILES string of the molecule is COC(=O)[C@@H](c1ccc(F)cc1)N1CCN(Cc2ccccc2)CC1. The lowest BCUT2D eigenvalue weighted by Crippen LogP contribution is -2.49. The molecule has 1 aliphatic rings. The molecule has 1 fully saturated rings. The van der Waals surface area contributed by atoms with Crippen LogP contribution in [0.25, 0.3) is 0 Å². The summed E-state index contributed by atoms with van der Waals surface area (Å²) in [6, 6.07) is 16.0. The fourth-order valence-electron chi connectivity index (χ4n) is 3.27. The maximum atomic E-state index is 13.2. The molecule has 2 aromatic carbocycles. The van der Waals surface area contributed by atoms with Crippen LogP contribution in [-0.2, 0) is 16.1 Å². The average Bonchev–Trinajstić information content (AvgIpc) is 2.65. The molecule has 0 N–H and O–H groups in total. The van der Waals surface area contributed by atoms with Crippen molar-refractivity contribution in [1.29, 1.82) is 0 Å². The van der Waals surface area contributed by atoms with Crippen LogP contribution in [0.3, 0.4) is 0 Å². The summed E-state index contributed by atoms with van der Waals surface area (Å²) in [4.78, 5) is 16.8. The first-order valence-electron chi connectivity index (χ1n) is 8.51. The number of carbonyl (C=O) groups excluding carboxylic acids is 1. The van der Waals surface area contributed by atoms with Crippen molar-refractivity contribution in [3.05, 3.63) is 71.5 Å². The topological polar surface area (TPSA) is 32.8 Å². The monoisotopic (exact) mass is 342 g/mol. The molecule has 0 aliphatic carbocycles. The summed E-state index contributed by atoms with van der Waals surface area (Å²) in [6.45, 7) is 4.20. The van der Waals surface area contributed by atoms with Gasteiger partial charge in [-0.2, -0.15) is 0 Å². The van der Waals surface area contributed by atoms with Gasteiger partial charge >= 0.3 is 5.97 Å². The Morgan fingerprint density at radius 1 is 1.04 bits per heavy atom. The van der Waals surface area contributed by atoms with Crippen LogP contribution < -0.4 is 0 Å². The minimum Gasteiger partial charge on any atom is -0.468 e. The molecule has 1 heterocycles. The summed E-state index contributed by atoms with van der Waals surface area (Å²) in [5, 5.41) is 0. The Morgan fingerprint density at radius 3 is 2.28 bits per heavy atom. The van der Waals surface area contributed by atoms with Crippen LogP contribution in [0.5, 0.6) is 0 Å². The van der Waals surface area contributed by atoms with E-state index in [0.29, 0.717) is 0 Å². The molecule has 0 spiro atoms. The highest BCUT2D eigenvalue weighted by Crippen LogP contribution is 2.24. The third-order valence-electron chi connectivity index (χ3n) is 4.63. The van der Waals surface area contributed by atoms with E-state index in [1.54, 1.807) is 12.1 Å². The Bertz CT molecular complexity index is 683. The van der Waals surface area contributed by atoms with Gasteiger partial charge in [0.2, 0.25) is 0 Å². The Morgan fingerprint density at radius 2 is 1.68 bits per heavy atom.